The summed E-state index contributed by atoms with van der Waals surface area (Å²) in [5.41, 5.74) is 16.5. The molecule has 3 N–H and O–H groups in total. The molecule has 0 aromatic heterocycles. The van der Waals surface area contributed by atoms with Gasteiger partial charge in [-0.1, -0.05) is 53.1 Å². The van der Waals surface area contributed by atoms with Crippen LogP contribution in [0.3, 0.4) is 0 Å². The van der Waals surface area contributed by atoms with Gasteiger partial charge in [-0.3, -0.25) is 10.2 Å². The number of hydrazine groups is 1. The Hall–Kier alpha value is -4.08. The Morgan fingerprint density at radius 2 is 1.95 bits per heavy atom. The topological polar surface area (TPSA) is 141 Å². The molecule has 1 atom stereocenters. The van der Waals surface area contributed by atoms with Gasteiger partial charge in [0.25, 0.3) is 5.91 Å². The van der Waals surface area contributed by atoms with E-state index in [0.717, 1.165) is 16.7 Å². The number of carbonyl (C=O) groups excluding carboxylic acids is 1. The van der Waals surface area contributed by atoms with Crippen molar-refractivity contribution in [3.63, 3.8) is 0 Å². The number of hydrogen-bond donors (Lipinski definition) is 3. The normalized spacial score (nSPS) is 16.1. The predicted octanol–water partition coefficient (Wildman–Crippen LogP) is 4.49. The molecule has 0 aliphatic carbocycles. The zero-order valence-electron chi connectivity index (χ0n) is 21.2. The van der Waals surface area contributed by atoms with E-state index in [1.807, 2.05) is 54.6 Å². The van der Waals surface area contributed by atoms with Crippen molar-refractivity contribution in [3.05, 3.63) is 111 Å². The van der Waals surface area contributed by atoms with Crippen LogP contribution in [0.15, 0.2) is 82.9 Å². The third-order valence-electron chi connectivity index (χ3n) is 6.15. The minimum absolute atomic E-state index is 0.0254. The SMILES string of the molecule is [N-]=[N+]=NCc1ccccc1C[C@@]1(C(=O)NNCc2cccc(Cl)c2)COC(c2ccc(OCCCO)cc2)=N1. The summed E-state index contributed by atoms with van der Waals surface area (Å²) in [6.07, 6.45) is 0.780. The number of carbonyl (C=O) groups is 1. The summed E-state index contributed by atoms with van der Waals surface area (Å²) in [6, 6.07) is 22.0. The Labute approximate surface area is 231 Å². The lowest BCUT2D eigenvalue weighted by Crippen LogP contribution is -2.52. The molecule has 3 aromatic rings. The van der Waals surface area contributed by atoms with Crippen LogP contribution in [-0.2, 0) is 29.0 Å². The first kappa shape index (κ1) is 27.9. The number of benzene rings is 3. The number of halogens is 1. The highest BCUT2D eigenvalue weighted by Gasteiger charge is 2.45. The van der Waals surface area contributed by atoms with Gasteiger partial charge >= 0.3 is 0 Å². The van der Waals surface area contributed by atoms with Gasteiger partial charge in [0.15, 0.2) is 5.54 Å². The molecular weight excluding hydrogens is 520 g/mol. The second-order valence-corrected chi connectivity index (χ2v) is 9.40. The van der Waals surface area contributed by atoms with Gasteiger partial charge in [0.2, 0.25) is 5.90 Å². The van der Waals surface area contributed by atoms with Crippen molar-refractivity contribution in [2.45, 2.75) is 31.5 Å². The lowest BCUT2D eigenvalue weighted by molar-refractivity contribution is -0.127. The molecule has 0 bridgehead atoms. The van der Waals surface area contributed by atoms with Crippen LogP contribution in [-0.4, -0.2) is 42.3 Å². The molecule has 1 amide bonds. The van der Waals surface area contributed by atoms with Crippen LogP contribution < -0.4 is 15.6 Å². The summed E-state index contributed by atoms with van der Waals surface area (Å²) in [5.74, 6) is 0.642. The molecule has 0 spiro atoms. The molecule has 0 saturated heterocycles. The van der Waals surface area contributed by atoms with E-state index in [1.165, 1.54) is 0 Å². The molecule has 0 unspecified atom stereocenters. The number of nitrogens with zero attached hydrogens (tertiary/aromatic N) is 4. The summed E-state index contributed by atoms with van der Waals surface area (Å²) in [7, 11) is 0. The minimum atomic E-state index is -1.26. The van der Waals surface area contributed by atoms with E-state index in [1.54, 1.807) is 18.2 Å². The number of aliphatic imine (C=N–C) groups is 1. The fraction of sp³-hybridized carbons (Fsp3) is 0.286. The van der Waals surface area contributed by atoms with Crippen molar-refractivity contribution < 1.29 is 19.4 Å². The van der Waals surface area contributed by atoms with Crippen LogP contribution in [0.4, 0.5) is 0 Å². The molecule has 0 saturated carbocycles. The average molecular weight is 549 g/mol. The van der Waals surface area contributed by atoms with Gasteiger partial charge in [0.05, 0.1) is 13.2 Å². The van der Waals surface area contributed by atoms with Crippen molar-refractivity contribution in [1.82, 2.24) is 10.9 Å². The maximum atomic E-state index is 13.6. The highest BCUT2D eigenvalue weighted by atomic mass is 35.5. The smallest absolute Gasteiger partial charge is 0.266 e. The molecule has 4 rings (SSSR count). The fourth-order valence-electron chi connectivity index (χ4n) is 4.13. The Bertz CT molecular complexity index is 1360. The molecule has 1 aliphatic heterocycles. The minimum Gasteiger partial charge on any atom is -0.494 e. The van der Waals surface area contributed by atoms with E-state index >= 15 is 0 Å². The Balaban J connectivity index is 1.57. The number of aliphatic hydroxyl groups is 1. The van der Waals surface area contributed by atoms with Crippen LogP contribution in [0, 0.1) is 0 Å². The third-order valence-corrected chi connectivity index (χ3v) is 6.38. The summed E-state index contributed by atoms with van der Waals surface area (Å²) in [4.78, 5) is 21.3. The number of ether oxygens (including phenoxy) is 2. The second kappa shape index (κ2) is 13.6. The van der Waals surface area contributed by atoms with E-state index < -0.39 is 5.54 Å². The largest absolute Gasteiger partial charge is 0.494 e. The van der Waals surface area contributed by atoms with E-state index in [0.29, 0.717) is 41.8 Å². The summed E-state index contributed by atoms with van der Waals surface area (Å²) in [5, 5.41) is 13.2. The third kappa shape index (κ3) is 7.49. The quantitative estimate of drug-likeness (QED) is 0.0948. The Kier molecular flexibility index (Phi) is 9.77. The lowest BCUT2D eigenvalue weighted by atomic mass is 9.89. The van der Waals surface area contributed by atoms with Crippen LogP contribution in [0.25, 0.3) is 10.4 Å². The molecule has 11 heteroatoms. The van der Waals surface area contributed by atoms with Crippen LogP contribution >= 0.6 is 11.6 Å². The van der Waals surface area contributed by atoms with Gasteiger partial charge in [-0.15, -0.1) is 0 Å². The number of aliphatic hydroxyl groups excluding tert-OH is 1. The van der Waals surface area contributed by atoms with Crippen molar-refractivity contribution in [2.24, 2.45) is 10.1 Å². The summed E-state index contributed by atoms with van der Waals surface area (Å²) in [6.45, 7) is 1.02. The maximum Gasteiger partial charge on any atom is 0.266 e. The zero-order valence-corrected chi connectivity index (χ0v) is 22.0. The van der Waals surface area contributed by atoms with Crippen molar-refractivity contribution in [2.75, 3.05) is 19.8 Å². The number of amides is 1. The highest BCUT2D eigenvalue weighted by molar-refractivity contribution is 6.30. The van der Waals surface area contributed by atoms with Crippen LogP contribution in [0.1, 0.15) is 28.7 Å². The number of rotatable bonds is 13. The van der Waals surface area contributed by atoms with Crippen molar-refractivity contribution in [3.8, 4) is 5.75 Å². The second-order valence-electron chi connectivity index (χ2n) is 8.96. The van der Waals surface area contributed by atoms with E-state index in [4.69, 9.17) is 36.7 Å². The monoisotopic (exact) mass is 548 g/mol. The molecule has 1 heterocycles. The maximum absolute atomic E-state index is 13.6. The van der Waals surface area contributed by atoms with Crippen LogP contribution in [0.2, 0.25) is 5.02 Å². The van der Waals surface area contributed by atoms with E-state index in [-0.39, 0.29) is 32.1 Å². The summed E-state index contributed by atoms with van der Waals surface area (Å²) >= 11 is 6.07. The molecule has 3 aromatic carbocycles. The standard InChI is InChI=1S/C28H29ClN6O4/c29-24-8-3-5-20(15-24)17-31-34-27(37)28(16-22-6-1-2-7-23(22)18-32-35-30)19-39-26(33-28)21-9-11-25(12-10-21)38-14-4-13-36/h1-3,5-12,15,31,36H,4,13-14,16-19H2,(H,34,37)/t28-/m0/s1. The average Bonchev–Trinajstić information content (AvgIpc) is 3.38. The van der Waals surface area contributed by atoms with Gasteiger partial charge in [0, 0.05) is 41.5 Å². The Morgan fingerprint density at radius 1 is 1.15 bits per heavy atom. The first-order valence-corrected chi connectivity index (χ1v) is 12.8. The summed E-state index contributed by atoms with van der Waals surface area (Å²) < 4.78 is 11.6. The van der Waals surface area contributed by atoms with Crippen molar-refractivity contribution >= 4 is 23.4 Å². The van der Waals surface area contributed by atoms with Gasteiger partial charge in [0.1, 0.15) is 12.4 Å². The molecular formula is C28H29ClN6O4. The van der Waals surface area contributed by atoms with E-state index in [9.17, 15) is 4.79 Å². The number of nitrogens with one attached hydrogen (secondary N) is 2. The van der Waals surface area contributed by atoms with Gasteiger partial charge in [-0.25, -0.2) is 10.4 Å². The van der Waals surface area contributed by atoms with Crippen LogP contribution in [0.5, 0.6) is 5.75 Å². The lowest BCUT2D eigenvalue weighted by Gasteiger charge is -2.24. The number of hydrogen-bond acceptors (Lipinski definition) is 7. The van der Waals surface area contributed by atoms with Gasteiger partial charge in [-0.2, -0.15) is 0 Å². The first-order valence-electron chi connectivity index (χ1n) is 12.4. The molecule has 39 heavy (non-hydrogen) atoms. The molecule has 0 radical (unpaired) electrons. The van der Waals surface area contributed by atoms with E-state index in [2.05, 4.69) is 20.9 Å². The molecule has 202 valence electrons. The number of azide groups is 1. The van der Waals surface area contributed by atoms with Gasteiger partial charge in [-0.05, 0) is 58.6 Å². The molecule has 10 nitrogen and oxygen atoms in total. The van der Waals surface area contributed by atoms with Crippen molar-refractivity contribution in [1.29, 1.82) is 0 Å². The predicted molar refractivity (Wildman–Crippen MR) is 148 cm³/mol. The fourth-order valence-corrected chi connectivity index (χ4v) is 4.34. The molecule has 1 aliphatic rings. The first-order chi connectivity index (χ1) is 19.0. The molecule has 0 fully saturated rings. The highest BCUT2D eigenvalue weighted by Crippen LogP contribution is 2.29. The Morgan fingerprint density at radius 3 is 2.69 bits per heavy atom. The zero-order chi connectivity index (χ0) is 27.5. The van der Waals surface area contributed by atoms with Gasteiger partial charge < -0.3 is 14.6 Å².